The molecule has 3 heterocycles. The fourth-order valence-corrected chi connectivity index (χ4v) is 3.63. The van der Waals surface area contributed by atoms with Gasteiger partial charge in [0.1, 0.15) is 11.3 Å². The lowest BCUT2D eigenvalue weighted by molar-refractivity contribution is 0.0399. The van der Waals surface area contributed by atoms with Gasteiger partial charge in [0.25, 0.3) is 11.8 Å². The summed E-state index contributed by atoms with van der Waals surface area (Å²) < 4.78 is 19.3. The number of aromatic amines is 1. The van der Waals surface area contributed by atoms with Crippen molar-refractivity contribution in [3.8, 4) is 0 Å². The molecule has 1 aromatic carbocycles. The number of nitrogens with one attached hydrogen (secondary N) is 1. The zero-order valence-corrected chi connectivity index (χ0v) is 16.0. The predicted molar refractivity (Wildman–Crippen MR) is 101 cm³/mol. The molecule has 8 heteroatoms. The van der Waals surface area contributed by atoms with Crippen LogP contribution in [0.3, 0.4) is 0 Å². The van der Waals surface area contributed by atoms with Crippen LogP contribution < -0.4 is 0 Å². The molecule has 1 N–H and O–H groups in total. The molecular weight excluding hydrogens is 363 g/mol. The first-order chi connectivity index (χ1) is 13.4. The SMILES string of the molecule is Cc1coc(C(=O)N2CCN(C(=O)c3cc(F)cc4[nH]cnc34)[C@@H](C)C2)c1C. The Morgan fingerprint density at radius 2 is 2.04 bits per heavy atom. The Morgan fingerprint density at radius 3 is 2.71 bits per heavy atom. The molecular formula is C20H21FN4O3. The Morgan fingerprint density at radius 1 is 1.25 bits per heavy atom. The molecule has 1 saturated heterocycles. The summed E-state index contributed by atoms with van der Waals surface area (Å²) in [5.41, 5.74) is 2.91. The van der Waals surface area contributed by atoms with Crippen molar-refractivity contribution in [3.63, 3.8) is 0 Å². The predicted octanol–water partition coefficient (Wildman–Crippen LogP) is 2.90. The summed E-state index contributed by atoms with van der Waals surface area (Å²) >= 11 is 0. The summed E-state index contributed by atoms with van der Waals surface area (Å²) in [6.45, 7) is 6.74. The van der Waals surface area contributed by atoms with E-state index in [2.05, 4.69) is 9.97 Å². The Bertz CT molecular complexity index is 1070. The van der Waals surface area contributed by atoms with Crippen molar-refractivity contribution >= 4 is 22.8 Å². The molecule has 7 nitrogen and oxygen atoms in total. The van der Waals surface area contributed by atoms with Gasteiger partial charge in [-0.15, -0.1) is 0 Å². The van der Waals surface area contributed by atoms with E-state index in [-0.39, 0.29) is 23.4 Å². The molecule has 146 valence electrons. The Hall–Kier alpha value is -3.16. The van der Waals surface area contributed by atoms with Crippen molar-refractivity contribution in [1.29, 1.82) is 0 Å². The van der Waals surface area contributed by atoms with Crippen molar-refractivity contribution in [3.05, 3.63) is 53.0 Å². The van der Waals surface area contributed by atoms with Crippen molar-refractivity contribution in [2.45, 2.75) is 26.8 Å². The van der Waals surface area contributed by atoms with Crippen LogP contribution in [-0.4, -0.2) is 57.3 Å². The monoisotopic (exact) mass is 384 g/mol. The number of hydrogen-bond acceptors (Lipinski definition) is 4. The Labute approximate surface area is 161 Å². The number of carbonyl (C=O) groups is 2. The van der Waals surface area contributed by atoms with E-state index in [0.717, 1.165) is 11.1 Å². The second kappa shape index (κ2) is 6.78. The number of rotatable bonds is 2. The molecule has 0 bridgehead atoms. The van der Waals surface area contributed by atoms with Gasteiger partial charge in [-0.05, 0) is 38.5 Å². The van der Waals surface area contributed by atoms with Gasteiger partial charge < -0.3 is 19.2 Å². The highest BCUT2D eigenvalue weighted by molar-refractivity contribution is 6.05. The van der Waals surface area contributed by atoms with Crippen LogP contribution >= 0.6 is 0 Å². The maximum Gasteiger partial charge on any atom is 0.289 e. The summed E-state index contributed by atoms with van der Waals surface area (Å²) in [4.78, 5) is 36.2. The van der Waals surface area contributed by atoms with Crippen molar-refractivity contribution in [1.82, 2.24) is 19.8 Å². The summed E-state index contributed by atoms with van der Waals surface area (Å²) in [6, 6.07) is 2.30. The molecule has 0 radical (unpaired) electrons. The maximum absolute atomic E-state index is 13.9. The van der Waals surface area contributed by atoms with Crippen molar-refractivity contribution in [2.75, 3.05) is 19.6 Å². The third-order valence-corrected chi connectivity index (χ3v) is 5.37. The van der Waals surface area contributed by atoms with Crippen molar-refractivity contribution < 1.29 is 18.4 Å². The zero-order chi connectivity index (χ0) is 20.0. The fourth-order valence-electron chi connectivity index (χ4n) is 3.63. The highest BCUT2D eigenvalue weighted by Crippen LogP contribution is 2.23. The van der Waals surface area contributed by atoms with Gasteiger partial charge in [-0.25, -0.2) is 9.37 Å². The molecule has 1 aliphatic rings. The first kappa shape index (κ1) is 18.2. The first-order valence-electron chi connectivity index (χ1n) is 9.14. The molecule has 1 atom stereocenters. The number of halogens is 1. The smallest absolute Gasteiger partial charge is 0.289 e. The van der Waals surface area contributed by atoms with E-state index in [4.69, 9.17) is 4.42 Å². The Balaban J connectivity index is 1.54. The largest absolute Gasteiger partial charge is 0.459 e. The van der Waals surface area contributed by atoms with E-state index in [0.29, 0.717) is 36.4 Å². The number of aromatic nitrogens is 2. The molecule has 0 aliphatic carbocycles. The number of hydrogen-bond donors (Lipinski definition) is 1. The lowest BCUT2D eigenvalue weighted by Gasteiger charge is -2.39. The molecule has 0 spiro atoms. The summed E-state index contributed by atoms with van der Waals surface area (Å²) in [5.74, 6) is -0.621. The fraction of sp³-hybridized carbons (Fsp3) is 0.350. The summed E-state index contributed by atoms with van der Waals surface area (Å²) in [7, 11) is 0. The van der Waals surface area contributed by atoms with Crippen LogP contribution in [0.25, 0.3) is 11.0 Å². The number of aryl methyl sites for hydroxylation is 1. The van der Waals surface area contributed by atoms with Crippen LogP contribution in [0.5, 0.6) is 0 Å². The average molecular weight is 384 g/mol. The molecule has 3 aromatic rings. The van der Waals surface area contributed by atoms with E-state index < -0.39 is 5.82 Å². The van der Waals surface area contributed by atoms with Crippen LogP contribution in [0, 0.1) is 19.7 Å². The van der Waals surface area contributed by atoms with E-state index >= 15 is 0 Å². The number of furan rings is 1. The van der Waals surface area contributed by atoms with E-state index in [1.807, 2.05) is 20.8 Å². The lowest BCUT2D eigenvalue weighted by atomic mass is 10.1. The third kappa shape index (κ3) is 2.94. The molecule has 0 unspecified atom stereocenters. The molecule has 2 amide bonds. The third-order valence-electron chi connectivity index (χ3n) is 5.37. The molecule has 2 aromatic heterocycles. The second-order valence-corrected chi connectivity index (χ2v) is 7.22. The number of imidazole rings is 1. The maximum atomic E-state index is 13.9. The van der Waals surface area contributed by atoms with Gasteiger partial charge in [-0.2, -0.15) is 0 Å². The number of piperazine rings is 1. The van der Waals surface area contributed by atoms with Gasteiger partial charge in [0.15, 0.2) is 5.76 Å². The van der Waals surface area contributed by atoms with Gasteiger partial charge in [-0.1, -0.05) is 0 Å². The van der Waals surface area contributed by atoms with Crippen LogP contribution in [0.4, 0.5) is 4.39 Å². The van der Waals surface area contributed by atoms with Crippen LogP contribution in [-0.2, 0) is 0 Å². The number of carbonyl (C=O) groups excluding carboxylic acids is 2. The number of benzene rings is 1. The van der Waals surface area contributed by atoms with E-state index in [9.17, 15) is 14.0 Å². The molecule has 28 heavy (non-hydrogen) atoms. The number of nitrogens with zero attached hydrogens (tertiary/aromatic N) is 3. The molecule has 1 aliphatic heterocycles. The van der Waals surface area contributed by atoms with Gasteiger partial charge in [0, 0.05) is 31.2 Å². The topological polar surface area (TPSA) is 82.4 Å². The van der Waals surface area contributed by atoms with Gasteiger partial charge >= 0.3 is 0 Å². The minimum Gasteiger partial charge on any atom is -0.459 e. The second-order valence-electron chi connectivity index (χ2n) is 7.22. The number of fused-ring (bicyclic) bond motifs is 1. The molecule has 4 rings (SSSR count). The van der Waals surface area contributed by atoms with Crippen LogP contribution in [0.2, 0.25) is 0 Å². The summed E-state index contributed by atoms with van der Waals surface area (Å²) in [6.07, 6.45) is 3.01. The number of H-pyrrole nitrogens is 1. The van der Waals surface area contributed by atoms with E-state index in [1.165, 1.54) is 18.5 Å². The van der Waals surface area contributed by atoms with Crippen LogP contribution in [0.15, 0.2) is 29.1 Å². The zero-order valence-electron chi connectivity index (χ0n) is 16.0. The minimum atomic E-state index is -0.495. The lowest BCUT2D eigenvalue weighted by Crippen LogP contribution is -2.55. The number of amides is 2. The molecule has 0 saturated carbocycles. The van der Waals surface area contributed by atoms with Crippen LogP contribution in [0.1, 0.15) is 39.0 Å². The van der Waals surface area contributed by atoms with Crippen molar-refractivity contribution in [2.24, 2.45) is 0 Å². The minimum absolute atomic E-state index is 0.176. The normalized spacial score (nSPS) is 17.4. The first-order valence-corrected chi connectivity index (χ1v) is 9.14. The standard InChI is InChI=1S/C20H21FN4O3/c1-11-9-28-18(13(11)3)20(27)24-4-5-25(12(2)8-24)19(26)15-6-14(21)7-16-17(15)23-10-22-16/h6-7,9-10,12H,4-5,8H2,1-3H3,(H,22,23)/t12-/m0/s1. The summed E-state index contributed by atoms with van der Waals surface area (Å²) in [5, 5.41) is 0. The highest BCUT2D eigenvalue weighted by atomic mass is 19.1. The van der Waals surface area contributed by atoms with Gasteiger partial charge in [0.2, 0.25) is 0 Å². The highest BCUT2D eigenvalue weighted by Gasteiger charge is 2.33. The quantitative estimate of drug-likeness (QED) is 0.737. The van der Waals surface area contributed by atoms with Gasteiger partial charge in [-0.3, -0.25) is 9.59 Å². The average Bonchev–Trinajstić information content (AvgIpc) is 3.26. The van der Waals surface area contributed by atoms with E-state index in [1.54, 1.807) is 16.1 Å². The Kier molecular flexibility index (Phi) is 4.41. The molecule has 1 fully saturated rings. The van der Waals surface area contributed by atoms with Gasteiger partial charge in [0.05, 0.1) is 23.7 Å².